The minimum atomic E-state index is -4.06. The van der Waals surface area contributed by atoms with Gasteiger partial charge >= 0.3 is 0 Å². The lowest BCUT2D eigenvalue weighted by Crippen LogP contribution is -2.14. The first-order valence-corrected chi connectivity index (χ1v) is 10.7. The number of hydrogen-bond donors (Lipinski definition) is 3. The molecule has 0 aliphatic rings. The highest BCUT2D eigenvalue weighted by Crippen LogP contribution is 2.31. The van der Waals surface area contributed by atoms with Crippen LogP contribution in [0.2, 0.25) is 0 Å². The standard InChI is InChI=1S/C22H17FN4O2S/c1-13-6-7-14-11-20(24-19(14)10-13)22-16-12-15(8-9-18(16)25-26-22)27-30(28,29)21-5-3-2-4-17(21)23/h2-12,24,27H,1H3,(H,25,26). The molecule has 5 rings (SSSR count). The van der Waals surface area contributed by atoms with Crippen molar-refractivity contribution in [1.29, 1.82) is 0 Å². The summed E-state index contributed by atoms with van der Waals surface area (Å²) in [4.78, 5) is 2.96. The van der Waals surface area contributed by atoms with E-state index in [2.05, 4.69) is 26.0 Å². The van der Waals surface area contributed by atoms with E-state index in [-0.39, 0.29) is 0 Å². The Labute approximate surface area is 171 Å². The number of halogens is 1. The highest BCUT2D eigenvalue weighted by Gasteiger charge is 2.19. The molecule has 2 heterocycles. The van der Waals surface area contributed by atoms with Crippen LogP contribution in [0.4, 0.5) is 10.1 Å². The molecular weight excluding hydrogens is 403 g/mol. The van der Waals surface area contributed by atoms with Crippen LogP contribution >= 0.6 is 0 Å². The molecule has 5 aromatic rings. The molecule has 3 aromatic carbocycles. The number of sulfonamides is 1. The summed E-state index contributed by atoms with van der Waals surface area (Å²) < 4.78 is 41.7. The molecule has 0 radical (unpaired) electrons. The Morgan fingerprint density at radius 1 is 0.967 bits per heavy atom. The van der Waals surface area contributed by atoms with Gasteiger partial charge in [0.15, 0.2) is 0 Å². The van der Waals surface area contributed by atoms with Crippen LogP contribution < -0.4 is 4.72 Å². The predicted molar refractivity (Wildman–Crippen MR) is 115 cm³/mol. The molecule has 150 valence electrons. The molecule has 2 aromatic heterocycles. The first-order valence-electron chi connectivity index (χ1n) is 9.26. The second-order valence-electron chi connectivity index (χ2n) is 7.14. The largest absolute Gasteiger partial charge is 0.353 e. The van der Waals surface area contributed by atoms with Crippen molar-refractivity contribution >= 4 is 37.5 Å². The average Bonchev–Trinajstić information content (AvgIpc) is 3.30. The zero-order chi connectivity index (χ0) is 20.9. The zero-order valence-corrected chi connectivity index (χ0v) is 16.7. The Kier molecular flexibility index (Phi) is 4.11. The first kappa shape index (κ1) is 18.4. The second-order valence-corrected chi connectivity index (χ2v) is 8.79. The van der Waals surface area contributed by atoms with E-state index in [1.807, 2.05) is 25.1 Å². The summed E-state index contributed by atoms with van der Waals surface area (Å²) in [7, 11) is -4.06. The van der Waals surface area contributed by atoms with Gasteiger partial charge in [-0.2, -0.15) is 5.10 Å². The van der Waals surface area contributed by atoms with Crippen molar-refractivity contribution in [2.45, 2.75) is 11.8 Å². The second kappa shape index (κ2) is 6.70. The Morgan fingerprint density at radius 3 is 2.63 bits per heavy atom. The van der Waals surface area contributed by atoms with E-state index in [4.69, 9.17) is 0 Å². The molecule has 0 aliphatic carbocycles. The Hall–Kier alpha value is -3.65. The van der Waals surface area contributed by atoms with E-state index in [1.54, 1.807) is 18.2 Å². The van der Waals surface area contributed by atoms with Gasteiger partial charge < -0.3 is 4.98 Å². The molecule has 0 saturated heterocycles. The fourth-order valence-electron chi connectivity index (χ4n) is 3.52. The highest BCUT2D eigenvalue weighted by molar-refractivity contribution is 7.92. The van der Waals surface area contributed by atoms with Gasteiger partial charge in [-0.25, -0.2) is 12.8 Å². The lowest BCUT2D eigenvalue weighted by atomic mass is 10.1. The van der Waals surface area contributed by atoms with Gasteiger partial charge in [-0.3, -0.25) is 9.82 Å². The van der Waals surface area contributed by atoms with Gasteiger partial charge in [0.05, 0.1) is 11.2 Å². The summed E-state index contributed by atoms with van der Waals surface area (Å²) in [5.41, 5.74) is 4.71. The maximum absolute atomic E-state index is 14.0. The number of rotatable bonds is 4. The van der Waals surface area contributed by atoms with Crippen molar-refractivity contribution in [3.8, 4) is 11.4 Å². The van der Waals surface area contributed by atoms with Crippen molar-refractivity contribution in [2.75, 3.05) is 4.72 Å². The molecule has 0 atom stereocenters. The molecule has 30 heavy (non-hydrogen) atoms. The third-order valence-electron chi connectivity index (χ3n) is 4.97. The van der Waals surface area contributed by atoms with Gasteiger partial charge in [-0.15, -0.1) is 0 Å². The summed E-state index contributed by atoms with van der Waals surface area (Å²) >= 11 is 0. The van der Waals surface area contributed by atoms with Crippen LogP contribution in [-0.2, 0) is 10.0 Å². The monoisotopic (exact) mass is 420 g/mol. The Bertz CT molecular complexity index is 1520. The molecule has 3 N–H and O–H groups in total. The number of nitrogens with one attached hydrogen (secondary N) is 3. The van der Waals surface area contributed by atoms with Crippen molar-refractivity contribution in [1.82, 2.24) is 15.2 Å². The van der Waals surface area contributed by atoms with Crippen LogP contribution in [0.3, 0.4) is 0 Å². The number of aryl methyl sites for hydroxylation is 1. The van der Waals surface area contributed by atoms with E-state index in [9.17, 15) is 12.8 Å². The van der Waals surface area contributed by atoms with Crippen molar-refractivity contribution in [3.05, 3.63) is 78.1 Å². The van der Waals surface area contributed by atoms with Crippen molar-refractivity contribution < 1.29 is 12.8 Å². The topological polar surface area (TPSA) is 90.6 Å². The number of fused-ring (bicyclic) bond motifs is 2. The smallest absolute Gasteiger partial charge is 0.264 e. The summed E-state index contributed by atoms with van der Waals surface area (Å²) in [6, 6.07) is 18.4. The zero-order valence-electron chi connectivity index (χ0n) is 15.9. The maximum Gasteiger partial charge on any atom is 0.264 e. The van der Waals surface area contributed by atoms with Gasteiger partial charge in [0, 0.05) is 22.0 Å². The highest BCUT2D eigenvalue weighted by atomic mass is 32.2. The van der Waals surface area contributed by atoms with E-state index < -0.39 is 20.7 Å². The molecule has 0 bridgehead atoms. The van der Waals surface area contributed by atoms with Gasteiger partial charge in [0.25, 0.3) is 10.0 Å². The lowest BCUT2D eigenvalue weighted by molar-refractivity contribution is 0.570. The fourth-order valence-corrected chi connectivity index (χ4v) is 4.65. The van der Waals surface area contributed by atoms with Crippen LogP contribution in [0.25, 0.3) is 33.2 Å². The molecule has 8 heteroatoms. The summed E-state index contributed by atoms with van der Waals surface area (Å²) in [5.74, 6) is -0.802. The van der Waals surface area contributed by atoms with E-state index in [0.717, 1.165) is 39.1 Å². The van der Waals surface area contributed by atoms with Crippen LogP contribution in [0.15, 0.2) is 71.6 Å². The van der Waals surface area contributed by atoms with Crippen molar-refractivity contribution in [3.63, 3.8) is 0 Å². The van der Waals surface area contributed by atoms with Crippen LogP contribution in [0.5, 0.6) is 0 Å². The third kappa shape index (κ3) is 3.11. The maximum atomic E-state index is 14.0. The number of aromatic amines is 2. The first-order chi connectivity index (χ1) is 14.4. The minimum Gasteiger partial charge on any atom is -0.353 e. The van der Waals surface area contributed by atoms with Crippen LogP contribution in [0.1, 0.15) is 5.56 Å². The number of aromatic nitrogens is 3. The van der Waals surface area contributed by atoms with E-state index in [1.165, 1.54) is 18.2 Å². The molecule has 0 unspecified atom stereocenters. The normalized spacial score (nSPS) is 11.9. The molecular formula is C22H17FN4O2S. The van der Waals surface area contributed by atoms with E-state index >= 15 is 0 Å². The molecule has 0 amide bonds. The quantitative estimate of drug-likeness (QED) is 0.384. The minimum absolute atomic E-state index is 0.320. The molecule has 0 saturated carbocycles. The Morgan fingerprint density at radius 2 is 1.80 bits per heavy atom. The molecule has 6 nitrogen and oxygen atoms in total. The third-order valence-corrected chi connectivity index (χ3v) is 6.39. The van der Waals surface area contributed by atoms with E-state index in [0.29, 0.717) is 11.4 Å². The Balaban J connectivity index is 1.57. The lowest BCUT2D eigenvalue weighted by Gasteiger charge is -2.09. The van der Waals surface area contributed by atoms with Crippen molar-refractivity contribution in [2.24, 2.45) is 0 Å². The number of hydrogen-bond acceptors (Lipinski definition) is 3. The fraction of sp³-hybridized carbons (Fsp3) is 0.0455. The van der Waals surface area contributed by atoms with Crippen LogP contribution in [0, 0.1) is 12.7 Å². The summed E-state index contributed by atoms with van der Waals surface area (Å²) in [5, 5.41) is 9.17. The SMILES string of the molecule is Cc1ccc2cc(-c3n[nH]c4ccc(NS(=O)(=O)c5ccccc5F)cc34)[nH]c2c1. The molecule has 0 spiro atoms. The number of benzene rings is 3. The van der Waals surface area contributed by atoms with Gasteiger partial charge in [-0.1, -0.05) is 24.3 Å². The summed E-state index contributed by atoms with van der Waals surface area (Å²) in [6.07, 6.45) is 0. The number of anilines is 1. The molecule has 0 aliphatic heterocycles. The van der Waals surface area contributed by atoms with Gasteiger partial charge in [0.2, 0.25) is 0 Å². The number of H-pyrrole nitrogens is 2. The summed E-state index contributed by atoms with van der Waals surface area (Å²) in [6.45, 7) is 2.03. The number of nitrogens with zero attached hydrogens (tertiary/aromatic N) is 1. The average molecular weight is 420 g/mol. The van der Waals surface area contributed by atoms with Gasteiger partial charge in [-0.05, 0) is 55.0 Å². The molecule has 0 fully saturated rings. The van der Waals surface area contributed by atoms with Crippen LogP contribution in [-0.4, -0.2) is 23.6 Å². The predicted octanol–water partition coefficient (Wildman–Crippen LogP) is 4.96. The van der Waals surface area contributed by atoms with Gasteiger partial charge in [0.1, 0.15) is 16.4 Å².